The predicted octanol–water partition coefficient (Wildman–Crippen LogP) is 0.0522. The predicted molar refractivity (Wildman–Crippen MR) is 66.8 cm³/mol. The van der Waals surface area contributed by atoms with Crippen molar-refractivity contribution in [2.45, 2.75) is 37.5 Å². The quantitative estimate of drug-likeness (QED) is 0.535. The van der Waals surface area contributed by atoms with Gasteiger partial charge in [-0.1, -0.05) is 12.2 Å². The van der Waals surface area contributed by atoms with Gasteiger partial charge in [0.25, 0.3) is 0 Å². The summed E-state index contributed by atoms with van der Waals surface area (Å²) >= 11 is 0. The van der Waals surface area contributed by atoms with E-state index in [2.05, 4.69) is 0 Å². The van der Waals surface area contributed by atoms with Gasteiger partial charge in [0.1, 0.15) is 0 Å². The second-order valence-corrected chi connectivity index (χ2v) is 6.06. The highest BCUT2D eigenvalue weighted by molar-refractivity contribution is 6.06. The molecule has 6 unspecified atom stereocenters. The number of hydrogen-bond donors (Lipinski definition) is 1. The van der Waals surface area contributed by atoms with Crippen molar-refractivity contribution in [3.63, 3.8) is 0 Å². The highest BCUT2D eigenvalue weighted by Gasteiger charge is 2.61. The molecule has 2 aliphatic heterocycles. The van der Waals surface area contributed by atoms with Gasteiger partial charge in [0.2, 0.25) is 11.8 Å². The van der Waals surface area contributed by atoms with Gasteiger partial charge in [-0.15, -0.1) is 0 Å². The summed E-state index contributed by atoms with van der Waals surface area (Å²) in [5, 5.41) is 0. The van der Waals surface area contributed by atoms with E-state index in [1.165, 1.54) is 4.90 Å². The number of carbonyl (C=O) groups excluding carboxylic acids is 2. The van der Waals surface area contributed by atoms with Crippen LogP contribution in [0.3, 0.4) is 0 Å². The first-order valence-electron chi connectivity index (χ1n) is 7.09. The molecule has 0 bridgehead atoms. The minimum Gasteiger partial charge on any atom is -0.376 e. The summed E-state index contributed by atoms with van der Waals surface area (Å²) in [6.45, 7) is 0.699. The topological polar surface area (TPSA) is 72.6 Å². The molecular formula is C14H18N2O3. The van der Waals surface area contributed by atoms with Crippen molar-refractivity contribution in [1.82, 2.24) is 4.90 Å². The number of allylic oxidation sites excluding steroid dienone is 2. The van der Waals surface area contributed by atoms with Gasteiger partial charge < -0.3 is 10.5 Å². The molecule has 0 spiro atoms. The third-order valence-electron chi connectivity index (χ3n) is 5.25. The standard InChI is InChI=1S/C14H18N2O3/c15-10-9-5-6-19-12(9)11(10)16-13(17)7-3-1-2-4-8(7)14(16)18/h1-2,7-12H,3-6,15H2. The summed E-state index contributed by atoms with van der Waals surface area (Å²) in [4.78, 5) is 26.4. The summed E-state index contributed by atoms with van der Waals surface area (Å²) in [5.74, 6) is -0.0656. The monoisotopic (exact) mass is 262 g/mol. The van der Waals surface area contributed by atoms with Gasteiger partial charge in [0.15, 0.2) is 0 Å². The number of rotatable bonds is 1. The Labute approximate surface area is 111 Å². The van der Waals surface area contributed by atoms with Crippen LogP contribution in [0, 0.1) is 17.8 Å². The molecule has 2 amide bonds. The number of hydrogen-bond acceptors (Lipinski definition) is 4. The lowest BCUT2D eigenvalue weighted by atomic mass is 9.71. The minimum atomic E-state index is -0.224. The molecule has 0 aromatic carbocycles. The third kappa shape index (κ3) is 1.37. The maximum atomic E-state index is 12.5. The summed E-state index contributed by atoms with van der Waals surface area (Å²) in [6, 6.07) is -0.327. The van der Waals surface area contributed by atoms with E-state index in [0.29, 0.717) is 25.4 Å². The lowest BCUT2D eigenvalue weighted by Gasteiger charge is -2.48. The van der Waals surface area contributed by atoms with E-state index in [1.54, 1.807) is 0 Å². The van der Waals surface area contributed by atoms with Gasteiger partial charge in [0.05, 0.1) is 24.0 Å². The third-order valence-corrected chi connectivity index (χ3v) is 5.25. The van der Waals surface area contributed by atoms with Crippen LogP contribution >= 0.6 is 0 Å². The summed E-state index contributed by atoms with van der Waals surface area (Å²) in [7, 11) is 0. The van der Waals surface area contributed by atoms with Crippen LogP contribution in [-0.2, 0) is 14.3 Å². The van der Waals surface area contributed by atoms with Gasteiger partial charge in [0, 0.05) is 18.6 Å². The number of fused-ring (bicyclic) bond motifs is 2. The fourth-order valence-electron chi connectivity index (χ4n) is 4.16. The Bertz CT molecular complexity index is 449. The largest absolute Gasteiger partial charge is 0.376 e. The second kappa shape index (κ2) is 3.90. The van der Waals surface area contributed by atoms with Gasteiger partial charge in [-0.3, -0.25) is 14.5 Å². The number of likely N-dealkylation sites (tertiary alicyclic amines) is 1. The van der Waals surface area contributed by atoms with E-state index in [9.17, 15) is 9.59 Å². The highest BCUT2D eigenvalue weighted by Crippen LogP contribution is 2.45. The van der Waals surface area contributed by atoms with Crippen molar-refractivity contribution in [3.8, 4) is 0 Å². The molecule has 0 aromatic rings. The number of imide groups is 1. The molecule has 5 nitrogen and oxygen atoms in total. The van der Waals surface area contributed by atoms with Crippen LogP contribution in [0.1, 0.15) is 19.3 Å². The number of carbonyl (C=O) groups is 2. The van der Waals surface area contributed by atoms with Crippen molar-refractivity contribution in [2.24, 2.45) is 23.5 Å². The van der Waals surface area contributed by atoms with Crippen LogP contribution in [0.5, 0.6) is 0 Å². The van der Waals surface area contributed by atoms with E-state index in [0.717, 1.165) is 6.42 Å². The molecule has 5 heteroatoms. The number of ether oxygens (including phenoxy) is 1. The van der Waals surface area contributed by atoms with Crippen LogP contribution in [0.25, 0.3) is 0 Å². The lowest BCUT2D eigenvalue weighted by molar-refractivity contribution is -0.154. The molecule has 2 aliphatic carbocycles. The molecule has 2 heterocycles. The van der Waals surface area contributed by atoms with E-state index >= 15 is 0 Å². The molecule has 3 fully saturated rings. The first kappa shape index (κ1) is 11.6. The average Bonchev–Trinajstić information content (AvgIpc) is 2.96. The molecule has 6 atom stereocenters. The smallest absolute Gasteiger partial charge is 0.233 e. The first-order valence-corrected chi connectivity index (χ1v) is 7.09. The summed E-state index contributed by atoms with van der Waals surface area (Å²) in [6.07, 6.45) is 6.31. The van der Waals surface area contributed by atoms with Crippen molar-refractivity contribution >= 4 is 11.8 Å². The van der Waals surface area contributed by atoms with Crippen molar-refractivity contribution in [2.75, 3.05) is 6.61 Å². The summed E-state index contributed by atoms with van der Waals surface area (Å²) < 4.78 is 5.66. The van der Waals surface area contributed by atoms with Crippen LogP contribution < -0.4 is 5.73 Å². The van der Waals surface area contributed by atoms with Crippen LogP contribution in [-0.4, -0.2) is 41.5 Å². The lowest BCUT2D eigenvalue weighted by Crippen LogP contribution is -2.70. The Morgan fingerprint density at radius 3 is 2.42 bits per heavy atom. The maximum absolute atomic E-state index is 12.5. The van der Waals surface area contributed by atoms with Gasteiger partial charge >= 0.3 is 0 Å². The molecule has 4 rings (SSSR count). The normalized spacial score (nSPS) is 48.2. The minimum absolute atomic E-state index is 0.0176. The number of nitrogens with two attached hydrogens (primary N) is 1. The van der Waals surface area contributed by atoms with E-state index in [1.807, 2.05) is 12.2 Å². The van der Waals surface area contributed by atoms with Crippen LogP contribution in [0.2, 0.25) is 0 Å². The molecule has 2 N–H and O–H groups in total. The van der Waals surface area contributed by atoms with Crippen molar-refractivity contribution in [1.29, 1.82) is 0 Å². The zero-order valence-electron chi connectivity index (χ0n) is 10.7. The van der Waals surface area contributed by atoms with Crippen molar-refractivity contribution in [3.05, 3.63) is 12.2 Å². The van der Waals surface area contributed by atoms with Gasteiger partial charge in [-0.25, -0.2) is 0 Å². The Morgan fingerprint density at radius 2 is 1.79 bits per heavy atom. The zero-order valence-corrected chi connectivity index (χ0v) is 10.7. The molecule has 19 heavy (non-hydrogen) atoms. The Balaban J connectivity index is 1.62. The Morgan fingerprint density at radius 1 is 1.16 bits per heavy atom. The van der Waals surface area contributed by atoms with Crippen molar-refractivity contribution < 1.29 is 14.3 Å². The Hall–Kier alpha value is -1.20. The molecule has 102 valence electrons. The summed E-state index contributed by atoms with van der Waals surface area (Å²) in [5.41, 5.74) is 6.16. The highest BCUT2D eigenvalue weighted by atomic mass is 16.5. The molecule has 2 saturated heterocycles. The van der Waals surface area contributed by atoms with E-state index < -0.39 is 0 Å². The average molecular weight is 262 g/mol. The van der Waals surface area contributed by atoms with Gasteiger partial charge in [-0.05, 0) is 19.3 Å². The molecule has 1 saturated carbocycles. The Kier molecular flexibility index (Phi) is 2.38. The second-order valence-electron chi connectivity index (χ2n) is 6.06. The van der Waals surface area contributed by atoms with E-state index in [-0.39, 0.29) is 41.8 Å². The zero-order chi connectivity index (χ0) is 13.1. The number of amides is 2. The fourth-order valence-corrected chi connectivity index (χ4v) is 4.16. The van der Waals surface area contributed by atoms with Crippen LogP contribution in [0.4, 0.5) is 0 Å². The number of nitrogens with zero attached hydrogens (tertiary/aromatic N) is 1. The molecule has 0 aromatic heterocycles. The molecular weight excluding hydrogens is 244 g/mol. The molecule has 0 radical (unpaired) electrons. The van der Waals surface area contributed by atoms with Gasteiger partial charge in [-0.2, -0.15) is 0 Å². The fraction of sp³-hybridized carbons (Fsp3) is 0.714. The SMILES string of the molecule is NC1C2CCOC2C1N1C(=O)C2CC=CCC2C1=O. The first-order chi connectivity index (χ1) is 9.20. The van der Waals surface area contributed by atoms with E-state index in [4.69, 9.17) is 10.5 Å². The molecule has 4 aliphatic rings. The maximum Gasteiger partial charge on any atom is 0.233 e. The van der Waals surface area contributed by atoms with Crippen LogP contribution in [0.15, 0.2) is 12.2 Å².